The Morgan fingerprint density at radius 1 is 1.07 bits per heavy atom. The first-order valence-electron chi connectivity index (χ1n) is 8.59. The van der Waals surface area contributed by atoms with Crippen LogP contribution >= 0.6 is 0 Å². The van der Waals surface area contributed by atoms with Crippen molar-refractivity contribution < 1.29 is 28.6 Å². The Morgan fingerprint density at radius 2 is 1.71 bits per heavy atom. The van der Waals surface area contributed by atoms with E-state index in [2.05, 4.69) is 10.6 Å². The van der Waals surface area contributed by atoms with E-state index in [9.17, 15) is 23.9 Å². The molecule has 0 spiro atoms. The van der Waals surface area contributed by atoms with Gasteiger partial charge in [-0.2, -0.15) is 0 Å². The van der Waals surface area contributed by atoms with Gasteiger partial charge in [-0.05, 0) is 29.8 Å². The number of carboxylic acid groups (broad SMARTS) is 1. The third-order valence-corrected chi connectivity index (χ3v) is 3.82. The fourth-order valence-electron chi connectivity index (χ4n) is 2.50. The molecule has 7 nitrogen and oxygen atoms in total. The summed E-state index contributed by atoms with van der Waals surface area (Å²) in [5.41, 5.74) is 0.755. The Bertz CT molecular complexity index is 811. The fourth-order valence-corrected chi connectivity index (χ4v) is 2.50. The summed E-state index contributed by atoms with van der Waals surface area (Å²) in [6.07, 6.45) is -1.41. The molecule has 2 aromatic rings. The van der Waals surface area contributed by atoms with E-state index in [0.717, 1.165) is 17.7 Å². The first kappa shape index (κ1) is 20.9. The minimum atomic E-state index is -1.34. The lowest BCUT2D eigenvalue weighted by Crippen LogP contribution is -2.41. The monoisotopic (exact) mass is 388 g/mol. The van der Waals surface area contributed by atoms with Crippen LogP contribution in [0.2, 0.25) is 0 Å². The standard InChI is InChI=1S/C20H21FN2O5/c1-13(24)23-17(14-5-3-2-4-6-14)11-19(25)22-12-18(20(26)27)28-16-9-7-15(21)8-10-16/h2-10,17-18H,11-12H2,1H3,(H,22,25)(H,23,24)(H,26,27). The number of benzene rings is 2. The maximum absolute atomic E-state index is 12.9. The molecule has 0 aliphatic carbocycles. The Labute approximate surface area is 161 Å². The van der Waals surface area contributed by atoms with Crippen LogP contribution in [-0.2, 0) is 14.4 Å². The van der Waals surface area contributed by atoms with Gasteiger partial charge in [-0.15, -0.1) is 0 Å². The highest BCUT2D eigenvalue weighted by molar-refractivity contribution is 5.80. The maximum Gasteiger partial charge on any atom is 0.346 e. The van der Waals surface area contributed by atoms with Gasteiger partial charge in [0, 0.05) is 6.92 Å². The van der Waals surface area contributed by atoms with E-state index in [-0.39, 0.29) is 24.6 Å². The van der Waals surface area contributed by atoms with Gasteiger partial charge in [-0.25, -0.2) is 9.18 Å². The van der Waals surface area contributed by atoms with Crippen molar-refractivity contribution in [1.29, 1.82) is 0 Å². The van der Waals surface area contributed by atoms with Gasteiger partial charge in [-0.3, -0.25) is 9.59 Å². The number of hydrogen-bond donors (Lipinski definition) is 3. The first-order valence-corrected chi connectivity index (χ1v) is 8.59. The van der Waals surface area contributed by atoms with Crippen LogP contribution in [0.15, 0.2) is 54.6 Å². The predicted octanol–water partition coefficient (Wildman–Crippen LogP) is 2.04. The summed E-state index contributed by atoms with van der Waals surface area (Å²) in [5, 5.41) is 14.5. The number of hydrogen-bond acceptors (Lipinski definition) is 4. The number of carboxylic acids is 1. The van der Waals surface area contributed by atoms with Crippen LogP contribution in [0.5, 0.6) is 5.75 Å². The van der Waals surface area contributed by atoms with Gasteiger partial charge in [0.05, 0.1) is 19.0 Å². The van der Waals surface area contributed by atoms with Crippen LogP contribution < -0.4 is 15.4 Å². The van der Waals surface area contributed by atoms with Crippen LogP contribution in [-0.4, -0.2) is 35.5 Å². The molecule has 0 saturated carbocycles. The van der Waals surface area contributed by atoms with Gasteiger partial charge < -0.3 is 20.5 Å². The third kappa shape index (κ3) is 6.71. The summed E-state index contributed by atoms with van der Waals surface area (Å²) in [6.45, 7) is 1.07. The molecule has 0 radical (unpaired) electrons. The van der Waals surface area contributed by atoms with Gasteiger partial charge in [-0.1, -0.05) is 30.3 Å². The molecule has 0 aliphatic rings. The summed E-state index contributed by atoms with van der Waals surface area (Å²) >= 11 is 0. The fraction of sp³-hybridized carbons (Fsp3) is 0.250. The summed E-state index contributed by atoms with van der Waals surface area (Å²) in [4.78, 5) is 35.1. The second-order valence-electron chi connectivity index (χ2n) is 6.07. The molecule has 2 atom stereocenters. The molecule has 148 valence electrons. The van der Waals surface area contributed by atoms with Crippen molar-refractivity contribution in [2.75, 3.05) is 6.54 Å². The van der Waals surface area contributed by atoms with Crippen LogP contribution in [0, 0.1) is 5.82 Å². The number of nitrogens with one attached hydrogen (secondary N) is 2. The quantitative estimate of drug-likeness (QED) is 0.610. The van der Waals surface area contributed by atoms with Crippen LogP contribution in [0.1, 0.15) is 24.9 Å². The lowest BCUT2D eigenvalue weighted by molar-refractivity contribution is -0.145. The second-order valence-corrected chi connectivity index (χ2v) is 6.07. The highest BCUT2D eigenvalue weighted by atomic mass is 19.1. The van der Waals surface area contributed by atoms with Gasteiger partial charge >= 0.3 is 5.97 Å². The molecule has 0 fully saturated rings. The molecule has 0 bridgehead atoms. The Morgan fingerprint density at radius 3 is 2.29 bits per heavy atom. The Kier molecular flexibility index (Phi) is 7.50. The van der Waals surface area contributed by atoms with Gasteiger partial charge in [0.2, 0.25) is 17.9 Å². The van der Waals surface area contributed by atoms with Crippen molar-refractivity contribution in [2.45, 2.75) is 25.5 Å². The van der Waals surface area contributed by atoms with E-state index in [1.54, 1.807) is 24.3 Å². The summed E-state index contributed by atoms with van der Waals surface area (Å²) in [6, 6.07) is 13.3. The minimum Gasteiger partial charge on any atom is -0.478 e. The van der Waals surface area contributed by atoms with Crippen molar-refractivity contribution in [3.05, 3.63) is 66.0 Å². The average Bonchev–Trinajstić information content (AvgIpc) is 2.66. The smallest absolute Gasteiger partial charge is 0.346 e. The maximum atomic E-state index is 12.9. The summed E-state index contributed by atoms with van der Waals surface area (Å²) in [7, 11) is 0. The van der Waals surface area contributed by atoms with E-state index in [1.807, 2.05) is 6.07 Å². The zero-order valence-corrected chi connectivity index (χ0v) is 15.2. The van der Waals surface area contributed by atoms with Crippen LogP contribution in [0.3, 0.4) is 0 Å². The highest BCUT2D eigenvalue weighted by Gasteiger charge is 2.22. The van der Waals surface area contributed by atoms with Crippen molar-refractivity contribution in [1.82, 2.24) is 10.6 Å². The van der Waals surface area contributed by atoms with E-state index < -0.39 is 29.8 Å². The van der Waals surface area contributed by atoms with Crippen molar-refractivity contribution in [2.24, 2.45) is 0 Å². The lowest BCUT2D eigenvalue weighted by Gasteiger charge is -2.19. The number of amides is 2. The number of halogens is 1. The summed E-state index contributed by atoms with van der Waals surface area (Å²) < 4.78 is 18.2. The first-order chi connectivity index (χ1) is 13.3. The molecule has 3 N–H and O–H groups in total. The molecule has 0 aliphatic heterocycles. The largest absolute Gasteiger partial charge is 0.478 e. The van der Waals surface area contributed by atoms with Crippen molar-refractivity contribution in [3.63, 3.8) is 0 Å². The molecule has 0 aromatic heterocycles. The number of carbonyl (C=O) groups is 3. The van der Waals surface area contributed by atoms with Crippen molar-refractivity contribution in [3.8, 4) is 5.75 Å². The minimum absolute atomic E-state index is 0.0630. The molecule has 28 heavy (non-hydrogen) atoms. The molecule has 2 aromatic carbocycles. The molecule has 2 unspecified atom stereocenters. The van der Waals surface area contributed by atoms with Gasteiger partial charge in [0.1, 0.15) is 11.6 Å². The highest BCUT2D eigenvalue weighted by Crippen LogP contribution is 2.17. The van der Waals surface area contributed by atoms with Crippen LogP contribution in [0.4, 0.5) is 4.39 Å². The number of carbonyl (C=O) groups excluding carboxylic acids is 2. The average molecular weight is 388 g/mol. The Balaban J connectivity index is 1.96. The molecule has 0 saturated heterocycles. The van der Waals surface area contributed by atoms with Gasteiger partial charge in [0.25, 0.3) is 0 Å². The molecular formula is C20H21FN2O5. The SMILES string of the molecule is CC(=O)NC(CC(=O)NCC(Oc1ccc(F)cc1)C(=O)O)c1ccccc1. The van der Waals surface area contributed by atoms with E-state index in [0.29, 0.717) is 0 Å². The lowest BCUT2D eigenvalue weighted by atomic mass is 10.0. The topological polar surface area (TPSA) is 105 Å². The Hall–Kier alpha value is -3.42. The second kappa shape index (κ2) is 10.1. The molecule has 8 heteroatoms. The van der Waals surface area contributed by atoms with Crippen molar-refractivity contribution >= 4 is 17.8 Å². The zero-order chi connectivity index (χ0) is 20.5. The third-order valence-electron chi connectivity index (χ3n) is 3.82. The zero-order valence-electron chi connectivity index (χ0n) is 15.2. The predicted molar refractivity (Wildman–Crippen MR) is 99.1 cm³/mol. The number of ether oxygens (including phenoxy) is 1. The number of aliphatic carboxylic acids is 1. The van der Waals surface area contributed by atoms with E-state index in [4.69, 9.17) is 4.74 Å². The van der Waals surface area contributed by atoms with Crippen LogP contribution in [0.25, 0.3) is 0 Å². The molecular weight excluding hydrogens is 367 g/mol. The molecule has 0 heterocycles. The van der Waals surface area contributed by atoms with Gasteiger partial charge in [0.15, 0.2) is 0 Å². The van der Waals surface area contributed by atoms with E-state index >= 15 is 0 Å². The molecule has 2 rings (SSSR count). The van der Waals surface area contributed by atoms with E-state index in [1.165, 1.54) is 19.1 Å². The molecule has 2 amide bonds. The normalized spacial score (nSPS) is 12.5. The summed E-state index contributed by atoms with van der Waals surface area (Å²) in [5.74, 6) is -2.31. The number of rotatable bonds is 9.